The summed E-state index contributed by atoms with van der Waals surface area (Å²) in [5.74, 6) is 1.66. The van der Waals surface area contributed by atoms with Crippen molar-refractivity contribution in [2.24, 2.45) is 5.92 Å². The summed E-state index contributed by atoms with van der Waals surface area (Å²) in [6.07, 6.45) is 5.20. The molecule has 0 N–H and O–H groups in total. The smallest absolute Gasteiger partial charge is 0.0225 e. The predicted molar refractivity (Wildman–Crippen MR) is 44.0 cm³/mol. The topological polar surface area (TPSA) is 0 Å². The highest BCUT2D eigenvalue weighted by molar-refractivity contribution is 6.17. The summed E-state index contributed by atoms with van der Waals surface area (Å²) in [6, 6.07) is 0. The first-order valence-corrected chi connectivity index (χ1v) is 4.40. The van der Waals surface area contributed by atoms with Gasteiger partial charge in [0, 0.05) is 5.88 Å². The summed E-state index contributed by atoms with van der Waals surface area (Å²) in [5.41, 5.74) is 0. The number of unbranched alkanes of at least 4 members (excludes halogenated alkanes) is 1. The second-order valence-electron chi connectivity index (χ2n) is 2.73. The molecule has 0 aromatic heterocycles. The first-order chi connectivity index (χ1) is 4.31. The molecule has 0 aromatic carbocycles. The molecule has 0 amide bonds. The molecule has 0 saturated carbocycles. The van der Waals surface area contributed by atoms with Gasteiger partial charge in [0.05, 0.1) is 0 Å². The number of hydrogen-bond donors (Lipinski definition) is 0. The lowest BCUT2D eigenvalue weighted by atomic mass is 10.0. The Labute approximate surface area is 63.6 Å². The van der Waals surface area contributed by atoms with E-state index in [1.807, 2.05) is 0 Å². The fourth-order valence-corrected chi connectivity index (χ4v) is 1.26. The largest absolute Gasteiger partial charge is 0.127 e. The van der Waals surface area contributed by atoms with Crippen LogP contribution in [0.1, 0.15) is 39.5 Å². The van der Waals surface area contributed by atoms with Crippen molar-refractivity contribution in [3.05, 3.63) is 0 Å². The maximum absolute atomic E-state index is 5.58. The minimum Gasteiger partial charge on any atom is -0.127 e. The maximum Gasteiger partial charge on any atom is 0.0225 e. The Kier molecular flexibility index (Phi) is 6.62. The van der Waals surface area contributed by atoms with Gasteiger partial charge in [0.25, 0.3) is 0 Å². The van der Waals surface area contributed by atoms with Crippen LogP contribution in [-0.4, -0.2) is 5.88 Å². The summed E-state index contributed by atoms with van der Waals surface area (Å²) in [6.45, 7) is 4.51. The van der Waals surface area contributed by atoms with E-state index in [1.54, 1.807) is 0 Å². The monoisotopic (exact) mass is 148 g/mol. The Morgan fingerprint density at radius 2 is 2.00 bits per heavy atom. The van der Waals surface area contributed by atoms with Crippen molar-refractivity contribution in [3.8, 4) is 0 Å². The molecule has 0 aliphatic rings. The zero-order valence-electron chi connectivity index (χ0n) is 6.49. The van der Waals surface area contributed by atoms with Crippen LogP contribution in [0.5, 0.6) is 0 Å². The molecule has 0 saturated heterocycles. The lowest BCUT2D eigenvalue weighted by Gasteiger charge is -2.06. The molecule has 56 valence electrons. The van der Waals surface area contributed by atoms with E-state index >= 15 is 0 Å². The number of rotatable bonds is 5. The maximum atomic E-state index is 5.58. The molecule has 0 aliphatic carbocycles. The van der Waals surface area contributed by atoms with Crippen molar-refractivity contribution >= 4 is 11.6 Å². The molecule has 0 aromatic rings. The van der Waals surface area contributed by atoms with Crippen LogP contribution in [0.2, 0.25) is 0 Å². The Morgan fingerprint density at radius 3 is 2.44 bits per heavy atom. The molecular formula is C8H17Cl. The second kappa shape index (κ2) is 6.41. The normalized spacial score (nSPS) is 13.7. The fourth-order valence-electron chi connectivity index (χ4n) is 0.883. The summed E-state index contributed by atoms with van der Waals surface area (Å²) in [5, 5.41) is 0. The van der Waals surface area contributed by atoms with Crippen LogP contribution in [0, 0.1) is 5.92 Å². The lowest BCUT2D eigenvalue weighted by molar-refractivity contribution is 0.494. The van der Waals surface area contributed by atoms with E-state index in [9.17, 15) is 0 Å². The highest BCUT2D eigenvalue weighted by Gasteiger charge is 1.98. The highest BCUT2D eigenvalue weighted by atomic mass is 35.5. The van der Waals surface area contributed by atoms with Crippen LogP contribution in [0.3, 0.4) is 0 Å². The van der Waals surface area contributed by atoms with Crippen molar-refractivity contribution in [2.75, 3.05) is 5.88 Å². The van der Waals surface area contributed by atoms with E-state index in [0.29, 0.717) is 0 Å². The van der Waals surface area contributed by atoms with Crippen molar-refractivity contribution in [1.29, 1.82) is 0 Å². The Balaban J connectivity index is 2.95. The summed E-state index contributed by atoms with van der Waals surface area (Å²) < 4.78 is 0. The Morgan fingerprint density at radius 1 is 1.33 bits per heavy atom. The van der Waals surface area contributed by atoms with E-state index in [1.165, 1.54) is 25.7 Å². The van der Waals surface area contributed by atoms with Gasteiger partial charge in [-0.2, -0.15) is 0 Å². The second-order valence-corrected chi connectivity index (χ2v) is 3.10. The van der Waals surface area contributed by atoms with E-state index in [4.69, 9.17) is 11.6 Å². The Hall–Kier alpha value is 0.290. The zero-order valence-corrected chi connectivity index (χ0v) is 7.25. The summed E-state index contributed by atoms with van der Waals surface area (Å²) >= 11 is 5.58. The standard InChI is InChI=1S/C8H17Cl/c1-3-4-5-8(2)6-7-9/h8H,3-7H2,1-2H3/t8-/m0/s1. The number of halogens is 1. The van der Waals surface area contributed by atoms with Gasteiger partial charge in [-0.3, -0.25) is 0 Å². The zero-order chi connectivity index (χ0) is 7.11. The quantitative estimate of drug-likeness (QED) is 0.524. The molecule has 0 spiro atoms. The molecule has 1 heteroatoms. The van der Waals surface area contributed by atoms with E-state index in [2.05, 4.69) is 13.8 Å². The molecule has 0 fully saturated rings. The molecule has 0 heterocycles. The van der Waals surface area contributed by atoms with Crippen LogP contribution in [0.15, 0.2) is 0 Å². The number of hydrogen-bond acceptors (Lipinski definition) is 0. The van der Waals surface area contributed by atoms with Gasteiger partial charge < -0.3 is 0 Å². The minimum atomic E-state index is 0.824. The van der Waals surface area contributed by atoms with E-state index in [-0.39, 0.29) is 0 Å². The van der Waals surface area contributed by atoms with Crippen LogP contribution >= 0.6 is 11.6 Å². The van der Waals surface area contributed by atoms with Crippen molar-refractivity contribution in [2.45, 2.75) is 39.5 Å². The van der Waals surface area contributed by atoms with Gasteiger partial charge in [0.15, 0.2) is 0 Å². The molecule has 0 rings (SSSR count). The van der Waals surface area contributed by atoms with Crippen LogP contribution in [-0.2, 0) is 0 Å². The third kappa shape index (κ3) is 6.17. The summed E-state index contributed by atoms with van der Waals surface area (Å²) in [4.78, 5) is 0. The van der Waals surface area contributed by atoms with Crippen LogP contribution in [0.4, 0.5) is 0 Å². The lowest BCUT2D eigenvalue weighted by Crippen LogP contribution is -1.94. The third-order valence-corrected chi connectivity index (χ3v) is 1.87. The molecule has 0 unspecified atom stereocenters. The van der Waals surface area contributed by atoms with Crippen molar-refractivity contribution in [1.82, 2.24) is 0 Å². The molecule has 0 aliphatic heterocycles. The molecule has 1 atom stereocenters. The van der Waals surface area contributed by atoms with Gasteiger partial charge in [-0.1, -0.05) is 33.1 Å². The molecule has 0 bridgehead atoms. The Bertz CT molecular complexity index is 52.5. The van der Waals surface area contributed by atoms with Crippen LogP contribution in [0.25, 0.3) is 0 Å². The first kappa shape index (κ1) is 9.29. The van der Waals surface area contributed by atoms with Gasteiger partial charge in [-0.05, 0) is 12.3 Å². The van der Waals surface area contributed by atoms with E-state index < -0.39 is 0 Å². The molecule has 9 heavy (non-hydrogen) atoms. The van der Waals surface area contributed by atoms with Crippen LogP contribution < -0.4 is 0 Å². The number of alkyl halides is 1. The van der Waals surface area contributed by atoms with Gasteiger partial charge in [0.1, 0.15) is 0 Å². The average Bonchev–Trinajstić information content (AvgIpc) is 1.85. The van der Waals surface area contributed by atoms with Gasteiger partial charge in [0.2, 0.25) is 0 Å². The third-order valence-electron chi connectivity index (χ3n) is 1.65. The average molecular weight is 149 g/mol. The van der Waals surface area contributed by atoms with Crippen molar-refractivity contribution in [3.63, 3.8) is 0 Å². The first-order valence-electron chi connectivity index (χ1n) is 3.87. The minimum absolute atomic E-state index is 0.824. The molecule has 0 radical (unpaired) electrons. The SMILES string of the molecule is CCCC[C@H](C)CCCl. The predicted octanol–water partition coefficient (Wildman–Crippen LogP) is 3.44. The highest BCUT2D eigenvalue weighted by Crippen LogP contribution is 2.11. The molecule has 0 nitrogen and oxygen atoms in total. The molecular weight excluding hydrogens is 132 g/mol. The van der Waals surface area contributed by atoms with Gasteiger partial charge in [-0.25, -0.2) is 0 Å². The van der Waals surface area contributed by atoms with Crippen molar-refractivity contribution < 1.29 is 0 Å². The summed E-state index contributed by atoms with van der Waals surface area (Å²) in [7, 11) is 0. The van der Waals surface area contributed by atoms with Gasteiger partial charge >= 0.3 is 0 Å². The van der Waals surface area contributed by atoms with Gasteiger partial charge in [-0.15, -0.1) is 11.6 Å². The van der Waals surface area contributed by atoms with E-state index in [0.717, 1.165) is 11.8 Å². The fraction of sp³-hybridized carbons (Fsp3) is 1.00.